The Labute approximate surface area is 108 Å². The molecular formula is C12H25N3O3. The van der Waals surface area contributed by atoms with E-state index in [0.29, 0.717) is 39.3 Å². The maximum Gasteiger partial charge on any atom is 0.220 e. The molecule has 1 heterocycles. The molecule has 106 valence electrons. The fourth-order valence-electron chi connectivity index (χ4n) is 2.06. The van der Waals surface area contributed by atoms with Crippen LogP contribution in [0.15, 0.2) is 0 Å². The van der Waals surface area contributed by atoms with E-state index in [1.54, 1.807) is 0 Å². The van der Waals surface area contributed by atoms with Gasteiger partial charge in [0.15, 0.2) is 0 Å². The van der Waals surface area contributed by atoms with Crippen molar-refractivity contribution in [2.24, 2.45) is 11.5 Å². The molecule has 0 aliphatic carbocycles. The van der Waals surface area contributed by atoms with E-state index in [4.69, 9.17) is 20.9 Å². The van der Waals surface area contributed by atoms with Crippen molar-refractivity contribution in [3.63, 3.8) is 0 Å². The Kier molecular flexibility index (Phi) is 7.91. The summed E-state index contributed by atoms with van der Waals surface area (Å²) < 4.78 is 11.1. The maximum atomic E-state index is 11.5. The van der Waals surface area contributed by atoms with Crippen LogP contribution in [0.1, 0.15) is 25.7 Å². The van der Waals surface area contributed by atoms with E-state index in [0.717, 1.165) is 19.3 Å². The van der Waals surface area contributed by atoms with Gasteiger partial charge in [-0.2, -0.15) is 0 Å². The van der Waals surface area contributed by atoms with Crippen LogP contribution >= 0.6 is 0 Å². The first kappa shape index (κ1) is 15.4. The number of carbonyl (C=O) groups is 1. The SMILES string of the molecule is NCCOCC(OCCN)C1CCCCC(=O)N1. The van der Waals surface area contributed by atoms with E-state index in [2.05, 4.69) is 5.32 Å². The standard InChI is InChI=1S/C12H25N3O3/c13-5-7-17-9-11(18-8-6-14)10-3-1-2-4-12(16)15-10/h10-11H,1-9,13-14H2,(H,15,16). The molecule has 1 aliphatic rings. The number of nitrogens with one attached hydrogen (secondary N) is 1. The number of carbonyl (C=O) groups excluding carboxylic acids is 1. The molecule has 1 saturated heterocycles. The Morgan fingerprint density at radius 3 is 2.78 bits per heavy atom. The number of hydrogen-bond acceptors (Lipinski definition) is 5. The molecule has 0 saturated carbocycles. The van der Waals surface area contributed by atoms with Crippen LogP contribution in [-0.2, 0) is 14.3 Å². The highest BCUT2D eigenvalue weighted by atomic mass is 16.5. The predicted octanol–water partition coefficient (Wildman–Crippen LogP) is -0.636. The van der Waals surface area contributed by atoms with E-state index in [1.165, 1.54) is 0 Å². The second kappa shape index (κ2) is 9.27. The Bertz CT molecular complexity index is 239. The molecule has 1 fully saturated rings. The van der Waals surface area contributed by atoms with Crippen LogP contribution < -0.4 is 16.8 Å². The quantitative estimate of drug-likeness (QED) is 0.504. The average Bonchev–Trinajstić information content (AvgIpc) is 2.58. The molecule has 0 aromatic carbocycles. The summed E-state index contributed by atoms with van der Waals surface area (Å²) >= 11 is 0. The fourth-order valence-corrected chi connectivity index (χ4v) is 2.06. The molecule has 6 nitrogen and oxygen atoms in total. The van der Waals surface area contributed by atoms with Gasteiger partial charge < -0.3 is 26.3 Å². The topological polar surface area (TPSA) is 99.6 Å². The van der Waals surface area contributed by atoms with Crippen LogP contribution in [-0.4, -0.2) is 51.0 Å². The van der Waals surface area contributed by atoms with Gasteiger partial charge in [0, 0.05) is 19.5 Å². The molecule has 0 aromatic heterocycles. The molecule has 6 heteroatoms. The highest BCUT2D eigenvalue weighted by Gasteiger charge is 2.25. The molecule has 5 N–H and O–H groups in total. The highest BCUT2D eigenvalue weighted by molar-refractivity contribution is 5.76. The first-order valence-corrected chi connectivity index (χ1v) is 6.66. The van der Waals surface area contributed by atoms with E-state index >= 15 is 0 Å². The summed E-state index contributed by atoms with van der Waals surface area (Å²) in [4.78, 5) is 11.5. The van der Waals surface area contributed by atoms with Crippen molar-refractivity contribution < 1.29 is 14.3 Å². The lowest BCUT2D eigenvalue weighted by atomic mass is 10.1. The normalized spacial score (nSPS) is 22.3. The lowest BCUT2D eigenvalue weighted by Gasteiger charge is -2.26. The Morgan fingerprint density at radius 1 is 1.28 bits per heavy atom. The second-order valence-corrected chi connectivity index (χ2v) is 4.48. The number of nitrogens with two attached hydrogens (primary N) is 2. The third-order valence-electron chi connectivity index (χ3n) is 2.96. The summed E-state index contributed by atoms with van der Waals surface area (Å²) in [6.45, 7) is 2.38. The third-order valence-corrected chi connectivity index (χ3v) is 2.96. The van der Waals surface area contributed by atoms with Crippen molar-refractivity contribution in [1.82, 2.24) is 5.32 Å². The van der Waals surface area contributed by atoms with E-state index < -0.39 is 0 Å². The van der Waals surface area contributed by atoms with Crippen LogP contribution in [0, 0.1) is 0 Å². The molecule has 2 unspecified atom stereocenters. The van der Waals surface area contributed by atoms with Gasteiger partial charge in [-0.15, -0.1) is 0 Å². The minimum atomic E-state index is -0.137. The summed E-state index contributed by atoms with van der Waals surface area (Å²) in [7, 11) is 0. The summed E-state index contributed by atoms with van der Waals surface area (Å²) in [5.41, 5.74) is 10.8. The first-order chi connectivity index (χ1) is 8.77. The molecule has 2 atom stereocenters. The van der Waals surface area contributed by atoms with E-state index in [1.807, 2.05) is 0 Å². The van der Waals surface area contributed by atoms with Gasteiger partial charge in [0.25, 0.3) is 0 Å². The smallest absolute Gasteiger partial charge is 0.220 e. The van der Waals surface area contributed by atoms with Crippen LogP contribution in [0.2, 0.25) is 0 Å². The van der Waals surface area contributed by atoms with Crippen LogP contribution in [0.25, 0.3) is 0 Å². The summed E-state index contributed by atoms with van der Waals surface area (Å²) in [6.07, 6.45) is 3.36. The van der Waals surface area contributed by atoms with Gasteiger partial charge >= 0.3 is 0 Å². The van der Waals surface area contributed by atoms with Gasteiger partial charge in [0.05, 0.1) is 25.9 Å². The molecule has 1 rings (SSSR count). The zero-order chi connectivity index (χ0) is 13.2. The zero-order valence-electron chi connectivity index (χ0n) is 10.9. The van der Waals surface area contributed by atoms with E-state index in [-0.39, 0.29) is 18.1 Å². The number of hydrogen-bond donors (Lipinski definition) is 3. The number of ether oxygens (including phenoxy) is 2. The van der Waals surface area contributed by atoms with Crippen LogP contribution in [0.3, 0.4) is 0 Å². The Balaban J connectivity index is 2.46. The summed E-state index contributed by atoms with van der Waals surface area (Å²) in [6, 6.07) is 0.0179. The predicted molar refractivity (Wildman–Crippen MR) is 69.1 cm³/mol. The maximum absolute atomic E-state index is 11.5. The molecule has 0 radical (unpaired) electrons. The summed E-state index contributed by atoms with van der Waals surface area (Å²) in [5, 5.41) is 3.00. The summed E-state index contributed by atoms with van der Waals surface area (Å²) in [5.74, 6) is 0.0951. The van der Waals surface area contributed by atoms with Crippen molar-refractivity contribution in [1.29, 1.82) is 0 Å². The Morgan fingerprint density at radius 2 is 2.06 bits per heavy atom. The van der Waals surface area contributed by atoms with Gasteiger partial charge in [-0.05, 0) is 12.8 Å². The fraction of sp³-hybridized carbons (Fsp3) is 0.917. The monoisotopic (exact) mass is 259 g/mol. The largest absolute Gasteiger partial charge is 0.377 e. The van der Waals surface area contributed by atoms with Gasteiger partial charge in [-0.1, -0.05) is 6.42 Å². The lowest BCUT2D eigenvalue weighted by molar-refractivity contribution is -0.123. The molecule has 1 amide bonds. The van der Waals surface area contributed by atoms with E-state index in [9.17, 15) is 4.79 Å². The zero-order valence-corrected chi connectivity index (χ0v) is 10.9. The molecule has 0 aromatic rings. The minimum Gasteiger partial charge on any atom is -0.377 e. The second-order valence-electron chi connectivity index (χ2n) is 4.48. The molecule has 1 aliphatic heterocycles. The minimum absolute atomic E-state index is 0.0179. The molecule has 0 spiro atoms. The van der Waals surface area contributed by atoms with Crippen LogP contribution in [0.5, 0.6) is 0 Å². The van der Waals surface area contributed by atoms with Gasteiger partial charge in [-0.3, -0.25) is 4.79 Å². The van der Waals surface area contributed by atoms with Crippen molar-refractivity contribution >= 4 is 5.91 Å². The van der Waals surface area contributed by atoms with Crippen LogP contribution in [0.4, 0.5) is 0 Å². The third kappa shape index (κ3) is 5.77. The van der Waals surface area contributed by atoms with Crippen molar-refractivity contribution in [2.45, 2.75) is 37.8 Å². The number of amides is 1. The highest BCUT2D eigenvalue weighted by Crippen LogP contribution is 2.14. The lowest BCUT2D eigenvalue weighted by Crippen LogP contribution is -2.46. The van der Waals surface area contributed by atoms with Crippen molar-refractivity contribution in [3.05, 3.63) is 0 Å². The average molecular weight is 259 g/mol. The first-order valence-electron chi connectivity index (χ1n) is 6.66. The van der Waals surface area contributed by atoms with Crippen molar-refractivity contribution in [3.8, 4) is 0 Å². The number of rotatable bonds is 8. The van der Waals surface area contributed by atoms with Gasteiger partial charge in [-0.25, -0.2) is 0 Å². The molecule has 0 bridgehead atoms. The van der Waals surface area contributed by atoms with Gasteiger partial charge in [0.1, 0.15) is 6.10 Å². The van der Waals surface area contributed by atoms with Crippen molar-refractivity contribution in [2.75, 3.05) is 32.9 Å². The molecular weight excluding hydrogens is 234 g/mol. The van der Waals surface area contributed by atoms with Gasteiger partial charge in [0.2, 0.25) is 5.91 Å². The Hall–Kier alpha value is -0.690. The molecule has 18 heavy (non-hydrogen) atoms.